The summed E-state index contributed by atoms with van der Waals surface area (Å²) in [5.74, 6) is -0.199. The average Bonchev–Trinajstić information content (AvgIpc) is 3.13. The summed E-state index contributed by atoms with van der Waals surface area (Å²) in [6.07, 6.45) is 4.55. The molecule has 1 fully saturated rings. The van der Waals surface area contributed by atoms with Crippen LogP contribution < -0.4 is 10.0 Å². The molecule has 2 heterocycles. The zero-order valence-electron chi connectivity index (χ0n) is 13.4. The van der Waals surface area contributed by atoms with Crippen molar-refractivity contribution in [1.82, 2.24) is 24.5 Å². The number of rotatable bonds is 7. The SMILES string of the molecule is CCCN(C(=O)CNS(=O)(=O)c1cn(C)cn1)C1CCNC1.Cl. The van der Waals surface area contributed by atoms with Gasteiger partial charge in [0.15, 0.2) is 5.03 Å². The lowest BCUT2D eigenvalue weighted by Crippen LogP contribution is -2.46. The second-order valence-electron chi connectivity index (χ2n) is 5.44. The number of halogens is 1. The Hall–Kier alpha value is -1.16. The van der Waals surface area contributed by atoms with Gasteiger partial charge in [-0.25, -0.2) is 18.1 Å². The zero-order valence-corrected chi connectivity index (χ0v) is 15.0. The molecule has 23 heavy (non-hydrogen) atoms. The first-order valence-corrected chi connectivity index (χ1v) is 8.90. The number of aromatic nitrogens is 2. The maximum atomic E-state index is 12.3. The van der Waals surface area contributed by atoms with Crippen molar-refractivity contribution in [2.24, 2.45) is 7.05 Å². The van der Waals surface area contributed by atoms with E-state index in [9.17, 15) is 13.2 Å². The van der Waals surface area contributed by atoms with E-state index in [2.05, 4.69) is 15.0 Å². The molecule has 2 N–H and O–H groups in total. The molecule has 8 nitrogen and oxygen atoms in total. The van der Waals surface area contributed by atoms with Crippen molar-refractivity contribution in [2.45, 2.75) is 30.8 Å². The quantitative estimate of drug-likeness (QED) is 0.692. The highest BCUT2D eigenvalue weighted by Crippen LogP contribution is 2.10. The minimum Gasteiger partial charge on any atom is -0.339 e. The van der Waals surface area contributed by atoms with Gasteiger partial charge in [-0.2, -0.15) is 0 Å². The van der Waals surface area contributed by atoms with E-state index >= 15 is 0 Å². The van der Waals surface area contributed by atoms with Crippen LogP contribution in [0.4, 0.5) is 0 Å². The van der Waals surface area contributed by atoms with Crippen LogP contribution in [0.2, 0.25) is 0 Å². The molecule has 1 amide bonds. The lowest BCUT2D eigenvalue weighted by atomic mass is 10.2. The maximum Gasteiger partial charge on any atom is 0.260 e. The molecule has 0 aliphatic carbocycles. The van der Waals surface area contributed by atoms with Gasteiger partial charge in [0.25, 0.3) is 10.0 Å². The van der Waals surface area contributed by atoms with Gasteiger partial charge in [0.05, 0.1) is 12.9 Å². The van der Waals surface area contributed by atoms with Crippen LogP contribution in [0.15, 0.2) is 17.6 Å². The van der Waals surface area contributed by atoms with Crippen LogP contribution >= 0.6 is 12.4 Å². The molecule has 1 unspecified atom stereocenters. The summed E-state index contributed by atoms with van der Waals surface area (Å²) in [6.45, 7) is 4.04. The molecular formula is C13H24ClN5O3S. The Morgan fingerprint density at radius 2 is 2.30 bits per heavy atom. The lowest BCUT2D eigenvalue weighted by Gasteiger charge is -2.28. The molecule has 0 saturated carbocycles. The molecule has 1 aliphatic heterocycles. The molecule has 2 rings (SSSR count). The van der Waals surface area contributed by atoms with Gasteiger partial charge in [-0.05, 0) is 19.4 Å². The summed E-state index contributed by atoms with van der Waals surface area (Å²) >= 11 is 0. The van der Waals surface area contributed by atoms with Crippen molar-refractivity contribution in [3.05, 3.63) is 12.5 Å². The fraction of sp³-hybridized carbons (Fsp3) is 0.692. The third-order valence-corrected chi connectivity index (χ3v) is 4.92. The molecule has 1 atom stereocenters. The van der Waals surface area contributed by atoms with Crippen molar-refractivity contribution in [3.63, 3.8) is 0 Å². The highest BCUT2D eigenvalue weighted by Gasteiger charge is 2.27. The minimum absolute atomic E-state index is 0. The first-order chi connectivity index (χ1) is 10.4. The summed E-state index contributed by atoms with van der Waals surface area (Å²) in [6, 6.07) is 0.145. The third kappa shape index (κ3) is 5.17. The van der Waals surface area contributed by atoms with E-state index in [4.69, 9.17) is 0 Å². The molecule has 1 aromatic rings. The third-order valence-electron chi connectivity index (χ3n) is 3.63. The van der Waals surface area contributed by atoms with Crippen molar-refractivity contribution < 1.29 is 13.2 Å². The molecule has 0 bridgehead atoms. The molecule has 10 heteroatoms. The van der Waals surface area contributed by atoms with Crippen LogP contribution in [-0.4, -0.2) is 61.0 Å². The zero-order chi connectivity index (χ0) is 16.2. The van der Waals surface area contributed by atoms with Gasteiger partial charge in [-0.15, -0.1) is 12.4 Å². The summed E-state index contributed by atoms with van der Waals surface area (Å²) in [5.41, 5.74) is 0. The number of carbonyl (C=O) groups is 1. The smallest absolute Gasteiger partial charge is 0.260 e. The molecule has 1 aromatic heterocycles. The number of carbonyl (C=O) groups excluding carboxylic acids is 1. The first-order valence-electron chi connectivity index (χ1n) is 7.42. The Bertz CT molecular complexity index is 613. The van der Waals surface area contributed by atoms with Crippen LogP contribution in [0.5, 0.6) is 0 Å². The predicted octanol–water partition coefficient (Wildman–Crippen LogP) is -0.279. The Morgan fingerprint density at radius 3 is 2.83 bits per heavy atom. The predicted molar refractivity (Wildman–Crippen MR) is 88.9 cm³/mol. The number of hydrogen-bond donors (Lipinski definition) is 2. The van der Waals surface area contributed by atoms with E-state index in [1.807, 2.05) is 6.92 Å². The Morgan fingerprint density at radius 1 is 1.57 bits per heavy atom. The van der Waals surface area contributed by atoms with Crippen molar-refractivity contribution in [3.8, 4) is 0 Å². The van der Waals surface area contributed by atoms with Crippen LogP contribution in [0, 0.1) is 0 Å². The highest BCUT2D eigenvalue weighted by atomic mass is 35.5. The van der Waals surface area contributed by atoms with Crippen molar-refractivity contribution in [1.29, 1.82) is 0 Å². The number of nitrogens with zero attached hydrogens (tertiary/aromatic N) is 3. The molecular weight excluding hydrogens is 342 g/mol. The normalized spacial score (nSPS) is 17.7. The van der Waals surface area contributed by atoms with E-state index < -0.39 is 10.0 Å². The van der Waals surface area contributed by atoms with Crippen molar-refractivity contribution >= 4 is 28.3 Å². The monoisotopic (exact) mass is 365 g/mol. The fourth-order valence-electron chi connectivity index (χ4n) is 2.52. The molecule has 1 aliphatic rings. The van der Waals surface area contributed by atoms with Gasteiger partial charge in [-0.1, -0.05) is 6.92 Å². The molecule has 0 spiro atoms. The molecule has 0 aromatic carbocycles. The van der Waals surface area contributed by atoms with Gasteiger partial charge in [0.1, 0.15) is 0 Å². The number of hydrogen-bond acceptors (Lipinski definition) is 5. The highest BCUT2D eigenvalue weighted by molar-refractivity contribution is 7.89. The Kier molecular flexibility index (Phi) is 7.46. The van der Waals surface area contributed by atoms with E-state index in [0.717, 1.165) is 25.9 Å². The van der Waals surface area contributed by atoms with E-state index in [1.165, 1.54) is 12.5 Å². The van der Waals surface area contributed by atoms with Crippen LogP contribution in [-0.2, 0) is 21.9 Å². The van der Waals surface area contributed by atoms with Crippen LogP contribution in [0.25, 0.3) is 0 Å². The Labute approximate surface area is 143 Å². The number of imidazole rings is 1. The summed E-state index contributed by atoms with van der Waals surface area (Å²) < 4.78 is 28.0. The lowest BCUT2D eigenvalue weighted by molar-refractivity contribution is -0.131. The second kappa shape index (κ2) is 8.62. The summed E-state index contributed by atoms with van der Waals surface area (Å²) in [5, 5.41) is 3.15. The average molecular weight is 366 g/mol. The number of sulfonamides is 1. The van der Waals surface area contributed by atoms with Gasteiger partial charge in [0.2, 0.25) is 5.91 Å². The fourth-order valence-corrected chi connectivity index (χ4v) is 3.47. The van der Waals surface area contributed by atoms with Gasteiger partial charge in [-0.3, -0.25) is 4.79 Å². The largest absolute Gasteiger partial charge is 0.339 e. The number of aryl methyl sites for hydroxylation is 1. The van der Waals surface area contributed by atoms with Crippen LogP contribution in [0.1, 0.15) is 19.8 Å². The van der Waals surface area contributed by atoms with Gasteiger partial charge < -0.3 is 14.8 Å². The standard InChI is InChI=1S/C13H23N5O3S.ClH/c1-3-6-18(11-4-5-14-7-11)13(19)8-16-22(20,21)12-9-17(2)10-15-12;/h9-11,14,16H,3-8H2,1-2H3;1H. The molecule has 1 saturated heterocycles. The number of amides is 1. The van der Waals surface area contributed by atoms with E-state index in [-0.39, 0.29) is 35.9 Å². The van der Waals surface area contributed by atoms with E-state index in [0.29, 0.717) is 6.54 Å². The second-order valence-corrected chi connectivity index (χ2v) is 7.15. The molecule has 0 radical (unpaired) electrons. The van der Waals surface area contributed by atoms with Gasteiger partial charge in [0, 0.05) is 32.4 Å². The first kappa shape index (κ1) is 19.9. The van der Waals surface area contributed by atoms with Crippen molar-refractivity contribution in [2.75, 3.05) is 26.2 Å². The Balaban J connectivity index is 0.00000264. The van der Waals surface area contributed by atoms with Crippen LogP contribution in [0.3, 0.4) is 0 Å². The van der Waals surface area contributed by atoms with E-state index in [1.54, 1.807) is 16.5 Å². The minimum atomic E-state index is -3.75. The van der Waals surface area contributed by atoms with Gasteiger partial charge >= 0.3 is 0 Å². The summed E-state index contributed by atoms with van der Waals surface area (Å²) in [4.78, 5) is 17.9. The topological polar surface area (TPSA) is 96.3 Å². The number of nitrogens with one attached hydrogen (secondary N) is 2. The molecule has 132 valence electrons. The maximum absolute atomic E-state index is 12.3. The summed E-state index contributed by atoms with van der Waals surface area (Å²) in [7, 11) is -2.06.